The average molecular weight is 235 g/mol. The third kappa shape index (κ3) is 2.88. The van der Waals surface area contributed by atoms with E-state index in [0.717, 1.165) is 19.4 Å². The number of nitrogens with two attached hydrogens (primary N) is 2. The van der Waals surface area contributed by atoms with Crippen LogP contribution in [-0.4, -0.2) is 30.2 Å². The molecule has 0 aromatic heterocycles. The number of benzene rings is 1. The Balaban J connectivity index is 2.04. The molecule has 1 unspecified atom stereocenters. The number of ether oxygens (including phenoxy) is 1. The monoisotopic (exact) mass is 235 g/mol. The maximum atomic E-state index is 9.47. The first kappa shape index (κ1) is 11.7. The predicted molar refractivity (Wildman–Crippen MR) is 67.1 cm³/mol. The molecule has 1 heterocycles. The lowest BCUT2D eigenvalue weighted by Crippen LogP contribution is -2.18. The Morgan fingerprint density at radius 3 is 3.00 bits per heavy atom. The van der Waals surface area contributed by atoms with Gasteiger partial charge in [-0.1, -0.05) is 0 Å². The van der Waals surface area contributed by atoms with Crippen molar-refractivity contribution in [3.05, 3.63) is 23.8 Å². The molecule has 5 heteroatoms. The highest BCUT2D eigenvalue weighted by Crippen LogP contribution is 2.20. The number of hydrogen-bond acceptors (Lipinski definition) is 4. The zero-order valence-electron chi connectivity index (χ0n) is 9.60. The van der Waals surface area contributed by atoms with Gasteiger partial charge in [0, 0.05) is 12.2 Å². The molecule has 2 rings (SSSR count). The molecule has 1 aromatic rings. The summed E-state index contributed by atoms with van der Waals surface area (Å²) in [5.74, 6) is 0.425. The van der Waals surface area contributed by atoms with E-state index in [-0.39, 0.29) is 11.9 Å². The molecule has 1 aliphatic rings. The molecule has 0 saturated carbocycles. The standard InChI is InChI=1S/C12H17N3O2/c13-10-4-3-8(6-11(10)16)12(14)15-7-9-2-1-5-17-9/h3-4,6,9,16H,1-2,5,7,13H2,(H2,14,15). The van der Waals surface area contributed by atoms with Crippen LogP contribution in [0, 0.1) is 0 Å². The Hall–Kier alpha value is -1.75. The number of phenolic OH excluding ortho intramolecular Hbond substituents is 1. The van der Waals surface area contributed by atoms with Crippen LogP contribution in [0.1, 0.15) is 18.4 Å². The van der Waals surface area contributed by atoms with E-state index in [4.69, 9.17) is 16.2 Å². The average Bonchev–Trinajstić information content (AvgIpc) is 2.82. The summed E-state index contributed by atoms with van der Waals surface area (Å²) < 4.78 is 5.45. The molecule has 1 saturated heterocycles. The van der Waals surface area contributed by atoms with Gasteiger partial charge in [0.2, 0.25) is 0 Å². The number of phenols is 1. The summed E-state index contributed by atoms with van der Waals surface area (Å²) in [7, 11) is 0. The second-order valence-electron chi connectivity index (χ2n) is 4.13. The summed E-state index contributed by atoms with van der Waals surface area (Å²) in [6, 6.07) is 4.87. The molecule has 1 fully saturated rings. The smallest absolute Gasteiger partial charge is 0.139 e. The van der Waals surface area contributed by atoms with Crippen molar-refractivity contribution in [3.63, 3.8) is 0 Å². The summed E-state index contributed by atoms with van der Waals surface area (Å²) in [5, 5.41) is 9.47. The van der Waals surface area contributed by atoms with Gasteiger partial charge in [0.15, 0.2) is 0 Å². The van der Waals surface area contributed by atoms with Crippen LogP contribution in [0.25, 0.3) is 0 Å². The van der Waals surface area contributed by atoms with E-state index >= 15 is 0 Å². The topological polar surface area (TPSA) is 93.9 Å². The molecule has 5 nitrogen and oxygen atoms in total. The van der Waals surface area contributed by atoms with Gasteiger partial charge < -0.3 is 21.3 Å². The van der Waals surface area contributed by atoms with Crippen molar-refractivity contribution in [2.24, 2.45) is 10.7 Å². The van der Waals surface area contributed by atoms with Gasteiger partial charge in [-0.3, -0.25) is 4.99 Å². The minimum absolute atomic E-state index is 0.0257. The Bertz CT molecular complexity index is 426. The van der Waals surface area contributed by atoms with Gasteiger partial charge in [-0.2, -0.15) is 0 Å². The Kier molecular flexibility index (Phi) is 3.49. The van der Waals surface area contributed by atoms with E-state index in [1.807, 2.05) is 0 Å². The molecule has 92 valence electrons. The fourth-order valence-corrected chi connectivity index (χ4v) is 1.78. The van der Waals surface area contributed by atoms with Gasteiger partial charge in [0.1, 0.15) is 11.6 Å². The van der Waals surface area contributed by atoms with Crippen LogP contribution in [0.4, 0.5) is 5.69 Å². The van der Waals surface area contributed by atoms with Gasteiger partial charge in [0.05, 0.1) is 18.3 Å². The zero-order valence-corrected chi connectivity index (χ0v) is 9.60. The molecule has 5 N–H and O–H groups in total. The minimum atomic E-state index is 0.0257. The summed E-state index contributed by atoms with van der Waals surface area (Å²) in [6.45, 7) is 1.37. The number of aromatic hydroxyl groups is 1. The zero-order chi connectivity index (χ0) is 12.3. The van der Waals surface area contributed by atoms with Gasteiger partial charge >= 0.3 is 0 Å². The van der Waals surface area contributed by atoms with E-state index in [2.05, 4.69) is 4.99 Å². The Labute approximate surface area is 100 Å². The number of nitrogens with zero attached hydrogens (tertiary/aromatic N) is 1. The van der Waals surface area contributed by atoms with Crippen molar-refractivity contribution >= 4 is 11.5 Å². The number of nitrogen functional groups attached to an aromatic ring is 1. The third-order valence-electron chi connectivity index (χ3n) is 2.82. The van der Waals surface area contributed by atoms with Crippen LogP contribution < -0.4 is 11.5 Å². The van der Waals surface area contributed by atoms with E-state index in [1.54, 1.807) is 12.1 Å². The van der Waals surface area contributed by atoms with Gasteiger partial charge in [-0.05, 0) is 31.0 Å². The molecule has 17 heavy (non-hydrogen) atoms. The summed E-state index contributed by atoms with van der Waals surface area (Å²) in [6.07, 6.45) is 2.29. The first-order chi connectivity index (χ1) is 8.16. The summed E-state index contributed by atoms with van der Waals surface area (Å²) >= 11 is 0. The van der Waals surface area contributed by atoms with Crippen LogP contribution in [0.5, 0.6) is 5.75 Å². The fourth-order valence-electron chi connectivity index (χ4n) is 1.78. The molecule has 0 spiro atoms. The molecule has 1 aromatic carbocycles. The summed E-state index contributed by atoms with van der Waals surface area (Å²) in [5.41, 5.74) is 12.4. The van der Waals surface area contributed by atoms with Crippen molar-refractivity contribution in [3.8, 4) is 5.75 Å². The third-order valence-corrected chi connectivity index (χ3v) is 2.82. The van der Waals surface area contributed by atoms with E-state index < -0.39 is 0 Å². The van der Waals surface area contributed by atoms with Crippen LogP contribution in [0.15, 0.2) is 23.2 Å². The lowest BCUT2D eigenvalue weighted by atomic mass is 10.1. The fraction of sp³-hybridized carbons (Fsp3) is 0.417. The highest BCUT2D eigenvalue weighted by Gasteiger charge is 2.14. The summed E-state index contributed by atoms with van der Waals surface area (Å²) in [4.78, 5) is 4.26. The Morgan fingerprint density at radius 1 is 1.53 bits per heavy atom. The number of hydrogen-bond donors (Lipinski definition) is 3. The van der Waals surface area contributed by atoms with Crippen LogP contribution in [0.3, 0.4) is 0 Å². The van der Waals surface area contributed by atoms with Crippen molar-refractivity contribution in [2.75, 3.05) is 18.9 Å². The van der Waals surface area contributed by atoms with Crippen molar-refractivity contribution in [2.45, 2.75) is 18.9 Å². The molecular weight excluding hydrogens is 218 g/mol. The first-order valence-corrected chi connectivity index (χ1v) is 5.67. The molecule has 1 atom stereocenters. The number of aliphatic imine (C=N–C) groups is 1. The maximum absolute atomic E-state index is 9.47. The molecule has 0 radical (unpaired) electrons. The maximum Gasteiger partial charge on any atom is 0.139 e. The van der Waals surface area contributed by atoms with Crippen LogP contribution in [0.2, 0.25) is 0 Å². The van der Waals surface area contributed by atoms with Crippen molar-refractivity contribution in [1.29, 1.82) is 0 Å². The number of amidine groups is 1. The SMILES string of the molecule is NC(=NCC1CCCO1)c1ccc(N)c(O)c1. The molecule has 0 amide bonds. The van der Waals surface area contributed by atoms with Crippen LogP contribution in [-0.2, 0) is 4.74 Å². The normalized spacial score (nSPS) is 20.7. The van der Waals surface area contributed by atoms with Crippen LogP contribution >= 0.6 is 0 Å². The second-order valence-corrected chi connectivity index (χ2v) is 4.13. The van der Waals surface area contributed by atoms with E-state index in [9.17, 15) is 5.11 Å². The minimum Gasteiger partial charge on any atom is -0.506 e. The second kappa shape index (κ2) is 5.05. The highest BCUT2D eigenvalue weighted by molar-refractivity contribution is 5.98. The van der Waals surface area contributed by atoms with E-state index in [0.29, 0.717) is 23.6 Å². The largest absolute Gasteiger partial charge is 0.506 e. The lowest BCUT2D eigenvalue weighted by molar-refractivity contribution is 0.118. The molecule has 0 aliphatic carbocycles. The van der Waals surface area contributed by atoms with Gasteiger partial charge in [0.25, 0.3) is 0 Å². The van der Waals surface area contributed by atoms with Gasteiger partial charge in [-0.15, -0.1) is 0 Å². The number of rotatable bonds is 3. The predicted octanol–water partition coefficient (Wildman–Crippen LogP) is 0.859. The molecular formula is C12H17N3O2. The first-order valence-electron chi connectivity index (χ1n) is 5.67. The number of anilines is 1. The van der Waals surface area contributed by atoms with Crippen molar-refractivity contribution in [1.82, 2.24) is 0 Å². The molecule has 0 bridgehead atoms. The highest BCUT2D eigenvalue weighted by atomic mass is 16.5. The van der Waals surface area contributed by atoms with Gasteiger partial charge in [-0.25, -0.2) is 0 Å². The lowest BCUT2D eigenvalue weighted by Gasteiger charge is -2.07. The van der Waals surface area contributed by atoms with Crippen molar-refractivity contribution < 1.29 is 9.84 Å². The quantitative estimate of drug-likeness (QED) is 0.313. The van der Waals surface area contributed by atoms with E-state index in [1.165, 1.54) is 6.07 Å². The Morgan fingerprint density at radius 2 is 2.35 bits per heavy atom. The molecule has 1 aliphatic heterocycles.